The van der Waals surface area contributed by atoms with E-state index < -0.39 is 0 Å². The van der Waals surface area contributed by atoms with Gasteiger partial charge in [0.1, 0.15) is 5.82 Å². The largest absolute Gasteiger partial charge is 0.383 e. The Hall–Kier alpha value is -2.62. The highest BCUT2D eigenvalue weighted by Gasteiger charge is 2.20. The van der Waals surface area contributed by atoms with Crippen LogP contribution in [0.25, 0.3) is 16.9 Å². The molecule has 4 heteroatoms. The van der Waals surface area contributed by atoms with E-state index in [0.29, 0.717) is 5.82 Å². The standard InChI is InChI=1S/C17H18N4/c1-12(2)15-16(13-7-6-10-19-11-13)20-21(17(15)18)14-8-4-3-5-9-14/h3-12H,18H2,1-2H3. The smallest absolute Gasteiger partial charge is 0.131 e. The molecule has 106 valence electrons. The lowest BCUT2D eigenvalue weighted by Gasteiger charge is -2.07. The first kappa shape index (κ1) is 13.4. The van der Waals surface area contributed by atoms with Crippen molar-refractivity contribution in [2.75, 3.05) is 5.73 Å². The highest BCUT2D eigenvalue weighted by Crippen LogP contribution is 2.34. The molecule has 2 heterocycles. The zero-order valence-electron chi connectivity index (χ0n) is 12.2. The molecule has 0 atom stereocenters. The SMILES string of the molecule is CC(C)c1c(-c2cccnc2)nn(-c2ccccc2)c1N. The normalized spacial score (nSPS) is 11.0. The van der Waals surface area contributed by atoms with Crippen molar-refractivity contribution < 1.29 is 0 Å². The number of nitrogens with two attached hydrogens (primary N) is 1. The molecule has 3 aromatic rings. The van der Waals surface area contributed by atoms with Crippen molar-refractivity contribution in [3.63, 3.8) is 0 Å². The van der Waals surface area contributed by atoms with Crippen molar-refractivity contribution in [2.24, 2.45) is 0 Å². The third kappa shape index (κ3) is 2.40. The van der Waals surface area contributed by atoms with Crippen LogP contribution in [0.5, 0.6) is 0 Å². The molecule has 4 nitrogen and oxygen atoms in total. The second kappa shape index (κ2) is 5.40. The van der Waals surface area contributed by atoms with Crippen molar-refractivity contribution in [3.05, 3.63) is 60.4 Å². The summed E-state index contributed by atoms with van der Waals surface area (Å²) in [5.41, 5.74) is 10.3. The number of aromatic nitrogens is 3. The third-order valence-electron chi connectivity index (χ3n) is 3.47. The Kier molecular flexibility index (Phi) is 3.44. The average Bonchev–Trinajstić information content (AvgIpc) is 2.87. The van der Waals surface area contributed by atoms with E-state index in [1.54, 1.807) is 10.9 Å². The predicted octanol–water partition coefficient (Wildman–Crippen LogP) is 3.64. The van der Waals surface area contributed by atoms with E-state index in [0.717, 1.165) is 22.5 Å². The van der Waals surface area contributed by atoms with E-state index >= 15 is 0 Å². The fourth-order valence-electron chi connectivity index (χ4n) is 2.49. The van der Waals surface area contributed by atoms with Crippen LogP contribution in [-0.2, 0) is 0 Å². The van der Waals surface area contributed by atoms with Crippen molar-refractivity contribution in [2.45, 2.75) is 19.8 Å². The Labute approximate surface area is 124 Å². The fourth-order valence-corrected chi connectivity index (χ4v) is 2.49. The lowest BCUT2D eigenvalue weighted by Crippen LogP contribution is -2.03. The van der Waals surface area contributed by atoms with Gasteiger partial charge in [-0.2, -0.15) is 5.10 Å². The van der Waals surface area contributed by atoms with Gasteiger partial charge >= 0.3 is 0 Å². The summed E-state index contributed by atoms with van der Waals surface area (Å²) in [7, 11) is 0. The third-order valence-corrected chi connectivity index (χ3v) is 3.47. The Morgan fingerprint density at radius 1 is 1.05 bits per heavy atom. The van der Waals surface area contributed by atoms with Gasteiger partial charge in [-0.1, -0.05) is 32.0 Å². The molecule has 0 aliphatic rings. The summed E-state index contributed by atoms with van der Waals surface area (Å²) in [6, 6.07) is 13.9. The maximum Gasteiger partial charge on any atom is 0.131 e. The molecule has 0 amide bonds. The highest BCUT2D eigenvalue weighted by molar-refractivity contribution is 5.70. The summed E-state index contributed by atoms with van der Waals surface area (Å²) < 4.78 is 1.80. The number of anilines is 1. The molecular formula is C17H18N4. The fraction of sp³-hybridized carbons (Fsp3) is 0.176. The Morgan fingerprint density at radius 3 is 2.43 bits per heavy atom. The minimum absolute atomic E-state index is 0.290. The second-order valence-electron chi connectivity index (χ2n) is 5.29. The number of rotatable bonds is 3. The van der Waals surface area contributed by atoms with Crippen LogP contribution in [0.1, 0.15) is 25.3 Å². The van der Waals surface area contributed by atoms with Gasteiger partial charge in [-0.25, -0.2) is 4.68 Å². The average molecular weight is 278 g/mol. The molecule has 21 heavy (non-hydrogen) atoms. The van der Waals surface area contributed by atoms with Crippen LogP contribution in [-0.4, -0.2) is 14.8 Å². The van der Waals surface area contributed by atoms with Crippen molar-refractivity contribution in [1.82, 2.24) is 14.8 Å². The van der Waals surface area contributed by atoms with Gasteiger partial charge in [0.25, 0.3) is 0 Å². The van der Waals surface area contributed by atoms with Crippen LogP contribution >= 0.6 is 0 Å². The molecule has 0 fully saturated rings. The van der Waals surface area contributed by atoms with Crippen LogP contribution in [0.4, 0.5) is 5.82 Å². The number of hydrogen-bond acceptors (Lipinski definition) is 3. The summed E-state index contributed by atoms with van der Waals surface area (Å²) in [6.07, 6.45) is 3.58. The molecule has 0 bridgehead atoms. The number of para-hydroxylation sites is 1. The van der Waals surface area contributed by atoms with E-state index in [9.17, 15) is 0 Å². The van der Waals surface area contributed by atoms with E-state index in [-0.39, 0.29) is 5.92 Å². The predicted molar refractivity (Wildman–Crippen MR) is 85.3 cm³/mol. The van der Waals surface area contributed by atoms with E-state index in [2.05, 4.69) is 18.8 Å². The van der Waals surface area contributed by atoms with Crippen molar-refractivity contribution in [1.29, 1.82) is 0 Å². The molecule has 2 aromatic heterocycles. The molecular weight excluding hydrogens is 260 g/mol. The number of nitrogens with zero attached hydrogens (tertiary/aromatic N) is 3. The van der Waals surface area contributed by atoms with Gasteiger partial charge in [0.2, 0.25) is 0 Å². The number of benzene rings is 1. The van der Waals surface area contributed by atoms with Gasteiger partial charge < -0.3 is 5.73 Å². The second-order valence-corrected chi connectivity index (χ2v) is 5.29. The molecule has 0 spiro atoms. The van der Waals surface area contributed by atoms with Gasteiger partial charge in [0, 0.05) is 23.5 Å². The zero-order chi connectivity index (χ0) is 14.8. The minimum atomic E-state index is 0.290. The summed E-state index contributed by atoms with van der Waals surface area (Å²) in [4.78, 5) is 4.18. The summed E-state index contributed by atoms with van der Waals surface area (Å²) in [6.45, 7) is 4.26. The van der Waals surface area contributed by atoms with Gasteiger partial charge in [-0.3, -0.25) is 4.98 Å². The lowest BCUT2D eigenvalue weighted by molar-refractivity contribution is 0.867. The molecule has 1 aromatic carbocycles. The lowest BCUT2D eigenvalue weighted by atomic mass is 9.99. The minimum Gasteiger partial charge on any atom is -0.383 e. The number of pyridine rings is 1. The first-order chi connectivity index (χ1) is 10.2. The van der Waals surface area contributed by atoms with Crippen molar-refractivity contribution in [3.8, 4) is 16.9 Å². The first-order valence-corrected chi connectivity index (χ1v) is 7.02. The van der Waals surface area contributed by atoms with Gasteiger partial charge in [0.15, 0.2) is 0 Å². The molecule has 0 saturated carbocycles. The van der Waals surface area contributed by atoms with Gasteiger partial charge in [0.05, 0.1) is 11.4 Å². The topological polar surface area (TPSA) is 56.7 Å². The highest BCUT2D eigenvalue weighted by atomic mass is 15.3. The van der Waals surface area contributed by atoms with E-state index in [4.69, 9.17) is 10.8 Å². The zero-order valence-corrected chi connectivity index (χ0v) is 12.2. The maximum atomic E-state index is 6.35. The van der Waals surface area contributed by atoms with Gasteiger partial charge in [-0.05, 0) is 30.2 Å². The van der Waals surface area contributed by atoms with Crippen molar-refractivity contribution >= 4 is 5.82 Å². The van der Waals surface area contributed by atoms with Crippen LogP contribution in [0.15, 0.2) is 54.9 Å². The number of hydrogen-bond donors (Lipinski definition) is 1. The summed E-state index contributed by atoms with van der Waals surface area (Å²) >= 11 is 0. The van der Waals surface area contributed by atoms with Crippen LogP contribution in [0.3, 0.4) is 0 Å². The maximum absolute atomic E-state index is 6.35. The Balaban J connectivity index is 2.22. The molecule has 0 unspecified atom stereocenters. The van der Waals surface area contributed by atoms with Gasteiger partial charge in [-0.15, -0.1) is 0 Å². The Morgan fingerprint density at radius 2 is 1.81 bits per heavy atom. The molecule has 2 N–H and O–H groups in total. The number of nitrogen functional groups attached to an aromatic ring is 1. The van der Waals surface area contributed by atoms with E-state index in [1.165, 1.54) is 0 Å². The Bertz CT molecular complexity index is 730. The van der Waals surface area contributed by atoms with Crippen LogP contribution in [0, 0.1) is 0 Å². The van der Waals surface area contributed by atoms with Crippen LogP contribution < -0.4 is 5.73 Å². The summed E-state index contributed by atoms with van der Waals surface area (Å²) in [5, 5.41) is 4.72. The molecule has 0 aliphatic carbocycles. The molecule has 0 aliphatic heterocycles. The van der Waals surface area contributed by atoms with Crippen LogP contribution in [0.2, 0.25) is 0 Å². The monoisotopic (exact) mass is 278 g/mol. The van der Waals surface area contributed by atoms with E-state index in [1.807, 2.05) is 48.7 Å². The summed E-state index contributed by atoms with van der Waals surface area (Å²) in [5.74, 6) is 0.979. The molecule has 0 saturated heterocycles. The first-order valence-electron chi connectivity index (χ1n) is 7.02. The molecule has 0 radical (unpaired) electrons. The molecule has 3 rings (SSSR count). The quantitative estimate of drug-likeness (QED) is 0.795.